The summed E-state index contributed by atoms with van der Waals surface area (Å²) < 4.78 is 4.39. The summed E-state index contributed by atoms with van der Waals surface area (Å²) in [5, 5.41) is 10.8. The molecule has 1 aromatic carbocycles. The number of hydrogen-bond donors (Lipinski definition) is 2. The van der Waals surface area contributed by atoms with Crippen LogP contribution in [0.15, 0.2) is 24.3 Å². The molecule has 0 aliphatic rings. The zero-order valence-corrected chi connectivity index (χ0v) is 9.10. The molecule has 0 fully saturated rings. The van der Waals surface area contributed by atoms with Gasteiger partial charge in [0.1, 0.15) is 11.5 Å². The Bertz CT molecular complexity index is 438. The van der Waals surface area contributed by atoms with Crippen LogP contribution >= 0.6 is 0 Å². The molecule has 0 saturated heterocycles. The van der Waals surface area contributed by atoms with Crippen LogP contribution in [0, 0.1) is 0 Å². The summed E-state index contributed by atoms with van der Waals surface area (Å²) in [5.41, 5.74) is 0.467. The third-order valence-electron chi connectivity index (χ3n) is 1.75. The van der Waals surface area contributed by atoms with Gasteiger partial charge in [0.05, 0.1) is 6.42 Å². The summed E-state index contributed by atoms with van der Waals surface area (Å²) >= 11 is 0. The lowest BCUT2D eigenvalue weighted by atomic mass is 10.2. The smallest absolute Gasteiger partial charge is 0.449 e. The molecule has 2 N–H and O–H groups in total. The first-order valence-corrected chi connectivity index (χ1v) is 4.77. The number of carbonyl (C=O) groups excluding carboxylic acids is 2. The number of carboxylic acid groups (broad SMARTS) is 1. The second-order valence-corrected chi connectivity index (χ2v) is 3.32. The Hall–Kier alpha value is -2.37. The molecule has 1 amide bonds. The van der Waals surface area contributed by atoms with E-state index in [4.69, 9.17) is 5.11 Å². The summed E-state index contributed by atoms with van der Waals surface area (Å²) in [4.78, 5) is 32.1. The fraction of sp³-hybridized carbons (Fsp3) is 0.182. The normalized spacial score (nSPS) is 9.47. The topological polar surface area (TPSA) is 92.7 Å². The molecular formula is C11H11NO5. The van der Waals surface area contributed by atoms with E-state index in [0.717, 1.165) is 0 Å². The summed E-state index contributed by atoms with van der Waals surface area (Å²) in [6.07, 6.45) is -1.59. The molecule has 0 atom stereocenters. The molecule has 0 saturated carbocycles. The van der Waals surface area contributed by atoms with Crippen molar-refractivity contribution >= 4 is 23.5 Å². The van der Waals surface area contributed by atoms with Crippen LogP contribution < -0.4 is 10.1 Å². The average molecular weight is 237 g/mol. The van der Waals surface area contributed by atoms with Gasteiger partial charge in [-0.2, -0.15) is 0 Å². The first-order chi connectivity index (χ1) is 7.97. The maximum atomic E-state index is 11.2. The van der Waals surface area contributed by atoms with Crippen molar-refractivity contribution in [2.45, 2.75) is 13.3 Å². The van der Waals surface area contributed by atoms with Gasteiger partial charge in [0.15, 0.2) is 0 Å². The van der Waals surface area contributed by atoms with Crippen molar-refractivity contribution in [1.82, 2.24) is 0 Å². The van der Waals surface area contributed by atoms with E-state index in [0.29, 0.717) is 5.69 Å². The molecule has 17 heavy (non-hydrogen) atoms. The van der Waals surface area contributed by atoms with Crippen LogP contribution in [0.2, 0.25) is 0 Å². The Morgan fingerprint density at radius 1 is 1.24 bits per heavy atom. The molecule has 1 aromatic rings. The van der Waals surface area contributed by atoms with Gasteiger partial charge in [0.2, 0.25) is 5.91 Å². The summed E-state index contributed by atoms with van der Waals surface area (Å²) in [5.74, 6) is -0.486. The number of carbonyl (C=O) groups is 3. The van der Waals surface area contributed by atoms with Crippen molar-refractivity contribution in [2.24, 2.45) is 0 Å². The van der Waals surface area contributed by atoms with E-state index in [1.165, 1.54) is 31.2 Å². The quantitative estimate of drug-likeness (QED) is 0.472. The fourth-order valence-electron chi connectivity index (χ4n) is 1.14. The maximum Gasteiger partial charge on any atom is 0.511 e. The third kappa shape index (κ3) is 4.78. The Morgan fingerprint density at radius 3 is 2.29 bits per heavy atom. The summed E-state index contributed by atoms with van der Waals surface area (Å²) in [7, 11) is 0. The number of Topliss-reactive ketones (excluding diaryl/α,β-unsaturated/α-hetero) is 1. The highest BCUT2D eigenvalue weighted by Gasteiger charge is 2.06. The van der Waals surface area contributed by atoms with Crippen molar-refractivity contribution in [3.63, 3.8) is 0 Å². The van der Waals surface area contributed by atoms with Gasteiger partial charge in [-0.25, -0.2) is 4.79 Å². The number of rotatable bonds is 4. The summed E-state index contributed by atoms with van der Waals surface area (Å²) in [6.45, 7) is 1.32. The van der Waals surface area contributed by atoms with Crippen molar-refractivity contribution in [3.05, 3.63) is 24.3 Å². The van der Waals surface area contributed by atoms with Crippen molar-refractivity contribution < 1.29 is 24.2 Å². The number of benzene rings is 1. The van der Waals surface area contributed by atoms with E-state index >= 15 is 0 Å². The van der Waals surface area contributed by atoms with Gasteiger partial charge in [-0.1, -0.05) is 0 Å². The van der Waals surface area contributed by atoms with E-state index in [1.54, 1.807) is 0 Å². The molecule has 0 unspecified atom stereocenters. The molecular weight excluding hydrogens is 226 g/mol. The van der Waals surface area contributed by atoms with E-state index in [1.807, 2.05) is 0 Å². The van der Waals surface area contributed by atoms with Crippen LogP contribution in [0.5, 0.6) is 5.75 Å². The van der Waals surface area contributed by atoms with Gasteiger partial charge in [-0.05, 0) is 31.2 Å². The van der Waals surface area contributed by atoms with Gasteiger partial charge < -0.3 is 15.2 Å². The number of hydrogen-bond acceptors (Lipinski definition) is 4. The Kier molecular flexibility index (Phi) is 4.21. The van der Waals surface area contributed by atoms with Gasteiger partial charge in [0.25, 0.3) is 0 Å². The van der Waals surface area contributed by atoms with E-state index in [-0.39, 0.29) is 18.0 Å². The third-order valence-corrected chi connectivity index (χ3v) is 1.75. The van der Waals surface area contributed by atoms with Crippen LogP contribution in [-0.4, -0.2) is 23.0 Å². The molecule has 0 aliphatic carbocycles. The zero-order chi connectivity index (χ0) is 12.8. The number of amides is 1. The van der Waals surface area contributed by atoms with Crippen molar-refractivity contribution in [3.8, 4) is 5.75 Å². The van der Waals surface area contributed by atoms with Crippen LogP contribution in [0.25, 0.3) is 0 Å². The molecule has 1 rings (SSSR count). The second kappa shape index (κ2) is 5.64. The highest BCUT2D eigenvalue weighted by Crippen LogP contribution is 2.15. The molecule has 0 bridgehead atoms. The molecule has 6 heteroatoms. The number of nitrogens with one attached hydrogen (secondary N) is 1. The largest absolute Gasteiger partial charge is 0.511 e. The van der Waals surface area contributed by atoms with E-state index in [9.17, 15) is 14.4 Å². The molecule has 0 heterocycles. The molecule has 6 nitrogen and oxygen atoms in total. The SMILES string of the molecule is CC(=O)CC(=O)Nc1ccc(OC(=O)O)cc1. The first-order valence-electron chi connectivity index (χ1n) is 4.77. The van der Waals surface area contributed by atoms with E-state index < -0.39 is 12.1 Å². The van der Waals surface area contributed by atoms with Crippen LogP contribution in [0.3, 0.4) is 0 Å². The Balaban J connectivity index is 2.59. The second-order valence-electron chi connectivity index (χ2n) is 3.32. The van der Waals surface area contributed by atoms with Gasteiger partial charge >= 0.3 is 6.16 Å². The average Bonchev–Trinajstić information content (AvgIpc) is 2.18. The maximum absolute atomic E-state index is 11.2. The van der Waals surface area contributed by atoms with Crippen LogP contribution in [-0.2, 0) is 9.59 Å². The van der Waals surface area contributed by atoms with Gasteiger partial charge in [-0.3, -0.25) is 9.59 Å². The van der Waals surface area contributed by atoms with Crippen molar-refractivity contribution in [2.75, 3.05) is 5.32 Å². The first kappa shape index (κ1) is 12.7. The predicted molar refractivity (Wildman–Crippen MR) is 59.0 cm³/mol. The van der Waals surface area contributed by atoms with Crippen molar-refractivity contribution in [1.29, 1.82) is 0 Å². The fourth-order valence-corrected chi connectivity index (χ4v) is 1.14. The monoisotopic (exact) mass is 237 g/mol. The Labute approximate surface area is 97.2 Å². The Morgan fingerprint density at radius 2 is 1.82 bits per heavy atom. The number of anilines is 1. The highest BCUT2D eigenvalue weighted by molar-refractivity contribution is 6.03. The summed E-state index contributed by atoms with van der Waals surface area (Å²) in [6, 6.07) is 5.77. The standard InChI is InChI=1S/C11H11NO5/c1-7(13)6-10(14)12-8-2-4-9(5-3-8)17-11(15)16/h2-5H,6H2,1H3,(H,12,14)(H,15,16). The predicted octanol–water partition coefficient (Wildman–Crippen LogP) is 1.66. The van der Waals surface area contributed by atoms with Crippen LogP contribution in [0.1, 0.15) is 13.3 Å². The molecule has 90 valence electrons. The number of ketones is 1. The highest BCUT2D eigenvalue weighted by atomic mass is 16.7. The zero-order valence-electron chi connectivity index (χ0n) is 9.10. The minimum Gasteiger partial charge on any atom is -0.449 e. The lowest BCUT2D eigenvalue weighted by Crippen LogP contribution is -2.14. The molecule has 0 radical (unpaired) electrons. The number of ether oxygens (including phenoxy) is 1. The van der Waals surface area contributed by atoms with Gasteiger partial charge in [-0.15, -0.1) is 0 Å². The van der Waals surface area contributed by atoms with E-state index in [2.05, 4.69) is 10.1 Å². The minimum atomic E-state index is -1.40. The van der Waals surface area contributed by atoms with Gasteiger partial charge in [0, 0.05) is 5.69 Å². The minimum absolute atomic E-state index is 0.155. The lowest BCUT2D eigenvalue weighted by molar-refractivity contribution is -0.124. The van der Waals surface area contributed by atoms with Crippen LogP contribution in [0.4, 0.5) is 10.5 Å². The molecule has 0 spiro atoms. The molecule has 0 aliphatic heterocycles. The molecule has 0 aromatic heterocycles. The lowest BCUT2D eigenvalue weighted by Gasteiger charge is -2.04.